The van der Waals surface area contributed by atoms with Crippen molar-refractivity contribution in [1.29, 1.82) is 0 Å². The Kier molecular flexibility index (Phi) is 2.11. The third kappa shape index (κ3) is 1.55. The fourth-order valence-electron chi connectivity index (χ4n) is 1.60. The van der Waals surface area contributed by atoms with E-state index in [0.717, 1.165) is 0 Å². The number of hydrogen-bond donors (Lipinski definition) is 2. The molecule has 1 aromatic rings. The van der Waals surface area contributed by atoms with Gasteiger partial charge in [-0.05, 0) is 24.1 Å². The summed E-state index contributed by atoms with van der Waals surface area (Å²) in [6.07, 6.45) is 1.16. The average Bonchev–Trinajstić information content (AvgIpc) is 2.57. The molecule has 1 aliphatic heterocycles. The van der Waals surface area contributed by atoms with Crippen molar-refractivity contribution in [2.45, 2.75) is 18.9 Å². The second-order valence-electron chi connectivity index (χ2n) is 3.37. The number of carbonyl (C=O) groups is 1. The Morgan fingerprint density at radius 2 is 2.29 bits per heavy atom. The van der Waals surface area contributed by atoms with Crippen molar-refractivity contribution in [3.8, 4) is 5.75 Å². The van der Waals surface area contributed by atoms with Crippen molar-refractivity contribution >= 4 is 5.91 Å². The number of halogens is 1. The number of phenolic OH excluding ortho intramolecular Hbond substituents is 1. The summed E-state index contributed by atoms with van der Waals surface area (Å²) in [5.41, 5.74) is 0.700. The van der Waals surface area contributed by atoms with Gasteiger partial charge < -0.3 is 10.4 Å². The smallest absolute Gasteiger partial charge is 0.220 e. The van der Waals surface area contributed by atoms with Crippen LogP contribution in [0.3, 0.4) is 0 Å². The molecule has 0 bridgehead atoms. The minimum Gasteiger partial charge on any atom is -0.505 e. The number of phenols is 1. The lowest BCUT2D eigenvalue weighted by atomic mass is 10.1. The van der Waals surface area contributed by atoms with Crippen molar-refractivity contribution < 1.29 is 14.3 Å². The molecule has 0 radical (unpaired) electrons. The number of nitrogens with one attached hydrogen (secondary N) is 1. The van der Waals surface area contributed by atoms with E-state index in [1.807, 2.05) is 0 Å². The largest absolute Gasteiger partial charge is 0.505 e. The van der Waals surface area contributed by atoms with E-state index in [2.05, 4.69) is 5.32 Å². The standard InChI is InChI=1S/C10H10FNO2/c11-7-5-6(1-3-9(7)13)8-2-4-10(14)12-8/h1,3,5,8,13H,2,4H2,(H,12,14)/t8-/m0/s1. The molecule has 4 heteroatoms. The second-order valence-corrected chi connectivity index (χ2v) is 3.37. The highest BCUT2D eigenvalue weighted by atomic mass is 19.1. The van der Waals surface area contributed by atoms with Gasteiger partial charge in [-0.1, -0.05) is 6.07 Å². The molecule has 2 N–H and O–H groups in total. The molecule has 1 heterocycles. The predicted molar refractivity (Wildman–Crippen MR) is 48.2 cm³/mol. The Labute approximate surface area is 80.6 Å². The second kappa shape index (κ2) is 3.29. The van der Waals surface area contributed by atoms with Gasteiger partial charge in [0.1, 0.15) is 0 Å². The van der Waals surface area contributed by atoms with Crippen molar-refractivity contribution in [1.82, 2.24) is 5.32 Å². The fraction of sp³-hybridized carbons (Fsp3) is 0.300. The first-order valence-corrected chi connectivity index (χ1v) is 4.44. The van der Waals surface area contributed by atoms with Crippen LogP contribution in [0, 0.1) is 5.82 Å². The van der Waals surface area contributed by atoms with E-state index in [4.69, 9.17) is 5.11 Å². The van der Waals surface area contributed by atoms with E-state index in [-0.39, 0.29) is 17.7 Å². The van der Waals surface area contributed by atoms with Crippen molar-refractivity contribution in [3.63, 3.8) is 0 Å². The SMILES string of the molecule is O=C1CC[C@@H](c2ccc(O)c(F)c2)N1. The van der Waals surface area contributed by atoms with Crippen LogP contribution >= 0.6 is 0 Å². The molecule has 0 saturated carbocycles. The third-order valence-corrected chi connectivity index (χ3v) is 2.37. The predicted octanol–water partition coefficient (Wildman–Crippen LogP) is 1.48. The molecular weight excluding hydrogens is 185 g/mol. The summed E-state index contributed by atoms with van der Waals surface area (Å²) >= 11 is 0. The average molecular weight is 195 g/mol. The van der Waals surface area contributed by atoms with Crippen molar-refractivity contribution in [3.05, 3.63) is 29.6 Å². The summed E-state index contributed by atoms with van der Waals surface area (Å²) in [6, 6.07) is 4.06. The van der Waals surface area contributed by atoms with E-state index in [0.29, 0.717) is 18.4 Å². The van der Waals surface area contributed by atoms with Crippen LogP contribution in [-0.4, -0.2) is 11.0 Å². The van der Waals surface area contributed by atoms with Gasteiger partial charge in [0, 0.05) is 6.42 Å². The fourth-order valence-corrected chi connectivity index (χ4v) is 1.60. The first-order chi connectivity index (χ1) is 6.66. The number of rotatable bonds is 1. The highest BCUT2D eigenvalue weighted by Gasteiger charge is 2.22. The molecule has 74 valence electrons. The van der Waals surface area contributed by atoms with E-state index in [1.54, 1.807) is 6.07 Å². The lowest BCUT2D eigenvalue weighted by Gasteiger charge is -2.10. The molecule has 1 amide bonds. The summed E-state index contributed by atoms with van der Waals surface area (Å²) in [4.78, 5) is 10.9. The lowest BCUT2D eigenvalue weighted by molar-refractivity contribution is -0.119. The molecule has 0 spiro atoms. The lowest BCUT2D eigenvalue weighted by Crippen LogP contribution is -2.18. The van der Waals surface area contributed by atoms with E-state index in [1.165, 1.54) is 12.1 Å². The van der Waals surface area contributed by atoms with Gasteiger partial charge in [-0.3, -0.25) is 4.79 Å². The van der Waals surface area contributed by atoms with Gasteiger partial charge in [0.25, 0.3) is 0 Å². The number of benzene rings is 1. The zero-order valence-corrected chi connectivity index (χ0v) is 7.46. The summed E-state index contributed by atoms with van der Waals surface area (Å²) in [7, 11) is 0. The van der Waals surface area contributed by atoms with E-state index < -0.39 is 5.82 Å². The monoisotopic (exact) mass is 195 g/mol. The molecule has 3 nitrogen and oxygen atoms in total. The third-order valence-electron chi connectivity index (χ3n) is 2.37. The van der Waals surface area contributed by atoms with Gasteiger partial charge in [0.05, 0.1) is 6.04 Å². The Bertz CT molecular complexity index is 378. The molecule has 0 aliphatic carbocycles. The number of carbonyl (C=O) groups excluding carboxylic acids is 1. The topological polar surface area (TPSA) is 49.3 Å². The Morgan fingerprint density at radius 3 is 2.86 bits per heavy atom. The molecule has 14 heavy (non-hydrogen) atoms. The Hall–Kier alpha value is -1.58. The van der Waals surface area contributed by atoms with Gasteiger partial charge in [-0.25, -0.2) is 4.39 Å². The molecule has 1 atom stereocenters. The van der Waals surface area contributed by atoms with Crippen LogP contribution in [0.4, 0.5) is 4.39 Å². The number of amides is 1. The summed E-state index contributed by atoms with van der Waals surface area (Å²) in [5, 5.41) is 11.7. The molecule has 0 unspecified atom stereocenters. The highest BCUT2D eigenvalue weighted by Crippen LogP contribution is 2.26. The van der Waals surface area contributed by atoms with Crippen LogP contribution in [0.5, 0.6) is 5.75 Å². The van der Waals surface area contributed by atoms with Gasteiger partial charge in [-0.15, -0.1) is 0 Å². The molecular formula is C10H10FNO2. The van der Waals surface area contributed by atoms with Crippen LogP contribution in [0.1, 0.15) is 24.4 Å². The first kappa shape index (κ1) is 8.99. The molecule has 0 aromatic heterocycles. The number of aromatic hydroxyl groups is 1. The normalized spacial score (nSPS) is 20.9. The van der Waals surface area contributed by atoms with Gasteiger partial charge in [0.2, 0.25) is 5.91 Å². The molecule has 1 aliphatic rings. The first-order valence-electron chi connectivity index (χ1n) is 4.44. The maximum Gasteiger partial charge on any atom is 0.220 e. The van der Waals surface area contributed by atoms with Gasteiger partial charge in [0.15, 0.2) is 11.6 Å². The minimum absolute atomic E-state index is 0.0107. The van der Waals surface area contributed by atoms with Gasteiger partial charge >= 0.3 is 0 Å². The van der Waals surface area contributed by atoms with Gasteiger partial charge in [-0.2, -0.15) is 0 Å². The molecule has 1 fully saturated rings. The van der Waals surface area contributed by atoms with Crippen LogP contribution in [0.25, 0.3) is 0 Å². The maximum atomic E-state index is 13.0. The molecule has 2 rings (SSSR count). The van der Waals surface area contributed by atoms with Crippen LogP contribution in [0.15, 0.2) is 18.2 Å². The van der Waals surface area contributed by atoms with Crippen LogP contribution < -0.4 is 5.32 Å². The van der Waals surface area contributed by atoms with E-state index in [9.17, 15) is 9.18 Å². The van der Waals surface area contributed by atoms with Crippen molar-refractivity contribution in [2.75, 3.05) is 0 Å². The molecule has 1 aromatic carbocycles. The van der Waals surface area contributed by atoms with Crippen LogP contribution in [-0.2, 0) is 4.79 Å². The quantitative estimate of drug-likeness (QED) is 0.713. The molecule has 1 saturated heterocycles. The summed E-state index contributed by atoms with van der Waals surface area (Å²) in [6.45, 7) is 0. The van der Waals surface area contributed by atoms with Crippen LogP contribution in [0.2, 0.25) is 0 Å². The maximum absolute atomic E-state index is 13.0. The number of hydrogen-bond acceptors (Lipinski definition) is 2. The zero-order chi connectivity index (χ0) is 10.1. The van der Waals surface area contributed by atoms with Crippen molar-refractivity contribution in [2.24, 2.45) is 0 Å². The summed E-state index contributed by atoms with van der Waals surface area (Å²) in [5.74, 6) is -1.02. The highest BCUT2D eigenvalue weighted by molar-refractivity contribution is 5.78. The minimum atomic E-state index is -0.649. The Morgan fingerprint density at radius 1 is 1.50 bits per heavy atom. The Balaban J connectivity index is 2.24. The van der Waals surface area contributed by atoms with E-state index >= 15 is 0 Å². The summed E-state index contributed by atoms with van der Waals surface area (Å²) < 4.78 is 13.0. The zero-order valence-electron chi connectivity index (χ0n) is 7.46.